The summed E-state index contributed by atoms with van der Waals surface area (Å²) >= 11 is 8.55. The van der Waals surface area contributed by atoms with Gasteiger partial charge in [-0.25, -0.2) is 9.18 Å². The number of hydrogen-bond acceptors (Lipinski definition) is 8. The van der Waals surface area contributed by atoms with Crippen molar-refractivity contribution in [2.24, 2.45) is 7.05 Å². The molecule has 0 unspecified atom stereocenters. The molecule has 13 heteroatoms. The van der Waals surface area contributed by atoms with Gasteiger partial charge in [0.05, 0.1) is 34.6 Å². The monoisotopic (exact) mass is 565 g/mol. The first-order valence-electron chi connectivity index (χ1n) is 11.6. The van der Waals surface area contributed by atoms with E-state index < -0.39 is 22.9 Å². The number of amides is 2. The average molecular weight is 566 g/mol. The Labute approximate surface area is 226 Å². The third-order valence-corrected chi connectivity index (χ3v) is 8.47. The summed E-state index contributed by atoms with van der Waals surface area (Å²) < 4.78 is 20.9. The number of hydrogen-bond donors (Lipinski definition) is 2. The highest BCUT2D eigenvalue weighted by atomic mass is 35.5. The van der Waals surface area contributed by atoms with Crippen LogP contribution < -0.4 is 10.6 Å². The molecule has 0 bridgehead atoms. The zero-order valence-electron chi connectivity index (χ0n) is 20.4. The number of carbonyl (C=O) groups is 3. The van der Waals surface area contributed by atoms with E-state index in [1.807, 2.05) is 0 Å². The van der Waals surface area contributed by atoms with Gasteiger partial charge < -0.3 is 19.9 Å². The first kappa shape index (κ1) is 27.1. The molecule has 2 amide bonds. The van der Waals surface area contributed by atoms with Gasteiger partial charge in [-0.05, 0) is 50.8 Å². The molecule has 196 valence electrons. The van der Waals surface area contributed by atoms with Crippen LogP contribution >= 0.6 is 34.7 Å². The minimum absolute atomic E-state index is 0.00799. The van der Waals surface area contributed by atoms with Gasteiger partial charge in [-0.3, -0.25) is 9.59 Å². The van der Waals surface area contributed by atoms with E-state index in [-0.39, 0.29) is 29.6 Å². The molecule has 1 aliphatic carbocycles. The molecule has 1 aliphatic rings. The molecule has 0 spiro atoms. The molecule has 4 rings (SSSR count). The molecule has 1 atom stereocenters. The molecule has 2 aromatic heterocycles. The summed E-state index contributed by atoms with van der Waals surface area (Å²) in [5.41, 5.74) is 1.18. The summed E-state index contributed by atoms with van der Waals surface area (Å²) in [7, 11) is 1.70. The number of carbonyl (C=O) groups excluding carboxylic acids is 3. The lowest BCUT2D eigenvalue weighted by atomic mass is 10.1. The number of thioether (sulfide) groups is 1. The molecule has 0 saturated carbocycles. The molecule has 0 aliphatic heterocycles. The van der Waals surface area contributed by atoms with Crippen LogP contribution in [-0.2, 0) is 36.0 Å². The van der Waals surface area contributed by atoms with Crippen molar-refractivity contribution in [1.29, 1.82) is 0 Å². The predicted octanol–water partition coefficient (Wildman–Crippen LogP) is 4.38. The quantitative estimate of drug-likeness (QED) is 0.292. The molecule has 37 heavy (non-hydrogen) atoms. The van der Waals surface area contributed by atoms with Gasteiger partial charge in [0.15, 0.2) is 11.0 Å². The van der Waals surface area contributed by atoms with Crippen LogP contribution in [0.1, 0.15) is 57.2 Å². The summed E-state index contributed by atoms with van der Waals surface area (Å²) in [6.45, 7) is 3.71. The van der Waals surface area contributed by atoms with Crippen LogP contribution in [-0.4, -0.2) is 44.4 Å². The van der Waals surface area contributed by atoms with Gasteiger partial charge in [-0.2, -0.15) is 0 Å². The molecular weight excluding hydrogens is 541 g/mol. The Morgan fingerprint density at radius 1 is 1.27 bits per heavy atom. The molecule has 1 aromatic carbocycles. The van der Waals surface area contributed by atoms with Crippen LogP contribution in [0.2, 0.25) is 5.02 Å². The second-order valence-electron chi connectivity index (χ2n) is 8.27. The van der Waals surface area contributed by atoms with Crippen LogP contribution in [0.15, 0.2) is 23.4 Å². The number of rotatable bonds is 9. The van der Waals surface area contributed by atoms with Gasteiger partial charge in [-0.1, -0.05) is 29.4 Å². The van der Waals surface area contributed by atoms with Crippen molar-refractivity contribution in [2.75, 3.05) is 11.9 Å². The molecule has 3 aromatic rings. The van der Waals surface area contributed by atoms with Crippen molar-refractivity contribution < 1.29 is 23.5 Å². The van der Waals surface area contributed by atoms with Gasteiger partial charge in [0.2, 0.25) is 5.91 Å². The third-order valence-electron chi connectivity index (χ3n) is 5.81. The Morgan fingerprint density at radius 2 is 2.05 bits per heavy atom. The zero-order chi connectivity index (χ0) is 26.7. The van der Waals surface area contributed by atoms with Crippen molar-refractivity contribution in [1.82, 2.24) is 20.1 Å². The SMILES string of the molecule is CCOC(=O)c1c(NC(=O)[C@@H](C)Sc2nnc(CNC(=O)c3c(F)cccc3Cl)n2C)sc2c1CCC2. The number of halogens is 2. The summed E-state index contributed by atoms with van der Waals surface area (Å²) in [6.07, 6.45) is 2.66. The molecule has 9 nitrogen and oxygen atoms in total. The van der Waals surface area contributed by atoms with Crippen LogP contribution in [0, 0.1) is 5.82 Å². The van der Waals surface area contributed by atoms with Gasteiger partial charge >= 0.3 is 5.97 Å². The molecular formula is C24H25ClFN5O4S2. The van der Waals surface area contributed by atoms with E-state index in [1.54, 1.807) is 25.5 Å². The topological polar surface area (TPSA) is 115 Å². The number of anilines is 1. The summed E-state index contributed by atoms with van der Waals surface area (Å²) in [5.74, 6) is -1.69. The maximum absolute atomic E-state index is 14.0. The van der Waals surface area contributed by atoms with E-state index in [1.165, 1.54) is 35.2 Å². The highest BCUT2D eigenvalue weighted by Gasteiger charge is 2.29. The van der Waals surface area contributed by atoms with Gasteiger partial charge in [-0.15, -0.1) is 21.5 Å². The van der Waals surface area contributed by atoms with Crippen molar-refractivity contribution in [3.05, 3.63) is 56.4 Å². The Kier molecular flexibility index (Phi) is 8.50. The minimum Gasteiger partial charge on any atom is -0.462 e. The number of thiophene rings is 1. The van der Waals surface area contributed by atoms with Gasteiger partial charge in [0, 0.05) is 11.9 Å². The second-order valence-corrected chi connectivity index (χ2v) is 11.1. The van der Waals surface area contributed by atoms with E-state index in [9.17, 15) is 18.8 Å². The Bertz CT molecular complexity index is 1340. The Balaban J connectivity index is 1.40. The maximum atomic E-state index is 14.0. The summed E-state index contributed by atoms with van der Waals surface area (Å²) in [4.78, 5) is 39.1. The number of esters is 1. The van der Waals surface area contributed by atoms with E-state index >= 15 is 0 Å². The van der Waals surface area contributed by atoms with Crippen molar-refractivity contribution in [2.45, 2.75) is 50.1 Å². The number of ether oxygens (including phenoxy) is 1. The standard InChI is InChI=1S/C24H25ClFN5O4S2/c1-4-35-23(34)18-13-7-5-10-16(13)37-22(18)28-20(32)12(2)36-24-30-29-17(31(24)3)11-27-21(33)19-14(25)8-6-9-15(19)26/h6,8-9,12H,4-5,7,10-11H2,1-3H3,(H,27,33)(H,28,32)/t12-/m1/s1. The lowest BCUT2D eigenvalue weighted by molar-refractivity contribution is -0.115. The number of aryl methyl sites for hydroxylation is 1. The van der Waals surface area contributed by atoms with Gasteiger partial charge in [0.1, 0.15) is 10.8 Å². The average Bonchev–Trinajstić information content (AvgIpc) is 3.53. The van der Waals surface area contributed by atoms with Crippen LogP contribution in [0.5, 0.6) is 0 Å². The highest BCUT2D eigenvalue weighted by molar-refractivity contribution is 8.00. The Hall–Kier alpha value is -2.96. The van der Waals surface area contributed by atoms with Gasteiger partial charge in [0.25, 0.3) is 5.91 Å². The number of benzene rings is 1. The predicted molar refractivity (Wildman–Crippen MR) is 140 cm³/mol. The van der Waals surface area contributed by atoms with Crippen LogP contribution in [0.3, 0.4) is 0 Å². The molecule has 0 radical (unpaired) electrons. The lowest BCUT2D eigenvalue weighted by Gasteiger charge is -2.12. The lowest BCUT2D eigenvalue weighted by Crippen LogP contribution is -2.26. The minimum atomic E-state index is -0.721. The van der Waals surface area contributed by atoms with E-state index in [4.69, 9.17) is 16.3 Å². The second kappa shape index (κ2) is 11.6. The fourth-order valence-corrected chi connectivity index (χ4v) is 6.26. The largest absolute Gasteiger partial charge is 0.462 e. The number of nitrogens with zero attached hydrogens (tertiary/aromatic N) is 3. The summed E-state index contributed by atoms with van der Waals surface area (Å²) in [6, 6.07) is 4.01. The van der Waals surface area contributed by atoms with Crippen molar-refractivity contribution in [3.63, 3.8) is 0 Å². The molecule has 0 saturated heterocycles. The molecule has 2 heterocycles. The highest BCUT2D eigenvalue weighted by Crippen LogP contribution is 2.40. The first-order chi connectivity index (χ1) is 17.7. The third kappa shape index (κ3) is 5.81. The molecule has 0 fully saturated rings. The number of nitrogens with one attached hydrogen (secondary N) is 2. The number of fused-ring (bicyclic) bond motifs is 1. The fraction of sp³-hybridized carbons (Fsp3) is 0.375. The fourth-order valence-electron chi connectivity index (χ4n) is 3.90. The summed E-state index contributed by atoms with van der Waals surface area (Å²) in [5, 5.41) is 14.1. The van der Waals surface area contributed by atoms with Crippen molar-refractivity contribution in [3.8, 4) is 0 Å². The van der Waals surface area contributed by atoms with E-state index in [2.05, 4.69) is 20.8 Å². The van der Waals surface area contributed by atoms with Crippen molar-refractivity contribution >= 4 is 57.5 Å². The van der Waals surface area contributed by atoms with Crippen LogP contribution in [0.25, 0.3) is 0 Å². The number of aromatic nitrogens is 3. The first-order valence-corrected chi connectivity index (χ1v) is 13.7. The van der Waals surface area contributed by atoms with E-state index in [0.29, 0.717) is 21.5 Å². The maximum Gasteiger partial charge on any atom is 0.341 e. The Morgan fingerprint density at radius 3 is 2.78 bits per heavy atom. The smallest absolute Gasteiger partial charge is 0.341 e. The zero-order valence-corrected chi connectivity index (χ0v) is 22.8. The molecule has 2 N–H and O–H groups in total. The normalized spacial score (nSPS) is 13.2. The van der Waals surface area contributed by atoms with Crippen LogP contribution in [0.4, 0.5) is 9.39 Å². The van der Waals surface area contributed by atoms with E-state index in [0.717, 1.165) is 35.8 Å².